The molecule has 1 amide bonds. The molecular formula is C21H17F3N4O3S. The Morgan fingerprint density at radius 2 is 1.88 bits per heavy atom. The third kappa shape index (κ3) is 5.11. The van der Waals surface area contributed by atoms with E-state index >= 15 is 0 Å². The minimum atomic E-state index is -4.40. The van der Waals surface area contributed by atoms with Crippen LogP contribution in [0, 0.1) is 0 Å². The van der Waals surface area contributed by atoms with Crippen molar-refractivity contribution in [3.63, 3.8) is 0 Å². The van der Waals surface area contributed by atoms with Crippen LogP contribution < -0.4 is 5.32 Å². The van der Waals surface area contributed by atoms with Crippen LogP contribution in [0.25, 0.3) is 21.3 Å². The van der Waals surface area contributed by atoms with E-state index in [1.807, 2.05) is 0 Å². The van der Waals surface area contributed by atoms with E-state index in [0.29, 0.717) is 27.5 Å². The first-order chi connectivity index (χ1) is 15.3. The van der Waals surface area contributed by atoms with Gasteiger partial charge in [0.25, 0.3) is 0 Å². The van der Waals surface area contributed by atoms with Gasteiger partial charge in [0.05, 0.1) is 28.8 Å². The van der Waals surface area contributed by atoms with Gasteiger partial charge in [-0.25, -0.2) is 4.98 Å². The third-order valence-electron chi connectivity index (χ3n) is 4.51. The number of aliphatic hydroxyl groups is 1. The van der Waals surface area contributed by atoms with Gasteiger partial charge in [-0.05, 0) is 35.4 Å². The number of alkyl halides is 3. The van der Waals surface area contributed by atoms with Gasteiger partial charge >= 0.3 is 6.18 Å². The van der Waals surface area contributed by atoms with E-state index in [-0.39, 0.29) is 37.8 Å². The maximum atomic E-state index is 13.0. The van der Waals surface area contributed by atoms with Gasteiger partial charge < -0.3 is 14.8 Å². The number of hydrogen-bond acceptors (Lipinski definition) is 7. The highest BCUT2D eigenvalue weighted by atomic mass is 32.1. The number of nitrogens with one attached hydrogen (secondary N) is 1. The number of nitrogens with zero attached hydrogens (tertiary/aromatic N) is 3. The lowest BCUT2D eigenvalue weighted by Crippen LogP contribution is -2.27. The van der Waals surface area contributed by atoms with Crippen molar-refractivity contribution in [2.45, 2.75) is 19.0 Å². The lowest BCUT2D eigenvalue weighted by Gasteiger charge is -2.08. The number of rotatable bonds is 7. The van der Waals surface area contributed by atoms with Crippen molar-refractivity contribution in [2.75, 3.05) is 13.2 Å². The first-order valence-corrected chi connectivity index (χ1v) is 10.4. The molecule has 7 nitrogen and oxygen atoms in total. The van der Waals surface area contributed by atoms with E-state index in [9.17, 15) is 18.0 Å². The van der Waals surface area contributed by atoms with Crippen molar-refractivity contribution in [1.82, 2.24) is 20.5 Å². The van der Waals surface area contributed by atoms with Crippen molar-refractivity contribution >= 4 is 27.5 Å². The number of carbonyl (C=O) groups excluding carboxylic acids is 1. The van der Waals surface area contributed by atoms with Crippen molar-refractivity contribution in [3.05, 3.63) is 64.8 Å². The van der Waals surface area contributed by atoms with Crippen LogP contribution in [-0.4, -0.2) is 39.3 Å². The molecule has 0 aliphatic rings. The van der Waals surface area contributed by atoms with E-state index < -0.39 is 11.7 Å². The second-order valence-electron chi connectivity index (χ2n) is 6.89. The first kappa shape index (κ1) is 21.9. The normalized spacial score (nSPS) is 11.8. The van der Waals surface area contributed by atoms with Crippen LogP contribution in [0.5, 0.6) is 0 Å². The molecule has 0 unspecified atom stereocenters. The number of halogens is 3. The SMILES string of the molecule is O=C(Cc1nnc(Cc2nc3ccc(-c4cccc(C(F)(F)F)c4)cc3s2)o1)NCCO. The monoisotopic (exact) mass is 462 g/mol. The van der Waals surface area contributed by atoms with Gasteiger partial charge in [0.2, 0.25) is 17.7 Å². The Balaban J connectivity index is 1.50. The predicted octanol–water partition coefficient (Wildman–Crippen LogP) is 3.61. The van der Waals surface area contributed by atoms with Crippen LogP contribution >= 0.6 is 11.3 Å². The number of fused-ring (bicyclic) bond motifs is 1. The zero-order chi connectivity index (χ0) is 22.7. The van der Waals surface area contributed by atoms with Gasteiger partial charge in [-0.3, -0.25) is 4.79 Å². The van der Waals surface area contributed by atoms with Gasteiger partial charge in [-0.15, -0.1) is 21.5 Å². The van der Waals surface area contributed by atoms with E-state index in [1.165, 1.54) is 17.4 Å². The maximum absolute atomic E-state index is 13.0. The second kappa shape index (κ2) is 9.05. The van der Waals surface area contributed by atoms with Crippen molar-refractivity contribution in [2.24, 2.45) is 0 Å². The molecule has 4 rings (SSSR count). The second-order valence-corrected chi connectivity index (χ2v) is 8.00. The summed E-state index contributed by atoms with van der Waals surface area (Å²) in [5.74, 6) is 0.117. The zero-order valence-electron chi connectivity index (χ0n) is 16.5. The summed E-state index contributed by atoms with van der Waals surface area (Å²) in [6, 6.07) is 10.5. The summed E-state index contributed by atoms with van der Waals surface area (Å²) in [6.07, 6.45) is -4.23. The zero-order valence-corrected chi connectivity index (χ0v) is 17.3. The molecule has 0 atom stereocenters. The molecule has 0 bridgehead atoms. The molecule has 0 saturated carbocycles. The minimum Gasteiger partial charge on any atom is -0.424 e. The molecule has 0 aliphatic carbocycles. The molecule has 0 aliphatic heterocycles. The van der Waals surface area contributed by atoms with Crippen LogP contribution in [0.15, 0.2) is 46.9 Å². The van der Waals surface area contributed by atoms with E-state index in [4.69, 9.17) is 9.52 Å². The van der Waals surface area contributed by atoms with Crippen LogP contribution in [0.4, 0.5) is 13.2 Å². The Bertz CT molecular complexity index is 1250. The summed E-state index contributed by atoms with van der Waals surface area (Å²) in [6.45, 7) is -0.0120. The average Bonchev–Trinajstić information content (AvgIpc) is 3.37. The fourth-order valence-corrected chi connectivity index (χ4v) is 4.06. The Morgan fingerprint density at radius 3 is 2.66 bits per heavy atom. The molecule has 0 fully saturated rings. The Hall–Kier alpha value is -3.31. The third-order valence-corrected chi connectivity index (χ3v) is 5.53. The van der Waals surface area contributed by atoms with E-state index in [1.54, 1.807) is 24.3 Å². The fourth-order valence-electron chi connectivity index (χ4n) is 3.06. The van der Waals surface area contributed by atoms with Crippen LogP contribution in [0.1, 0.15) is 22.4 Å². The molecule has 2 heterocycles. The van der Waals surface area contributed by atoms with Crippen LogP contribution in [-0.2, 0) is 23.8 Å². The predicted molar refractivity (Wildman–Crippen MR) is 111 cm³/mol. The lowest BCUT2D eigenvalue weighted by atomic mass is 10.0. The quantitative estimate of drug-likeness (QED) is 0.435. The van der Waals surface area contributed by atoms with Gasteiger partial charge in [-0.1, -0.05) is 18.2 Å². The number of hydrogen-bond donors (Lipinski definition) is 2. The number of aromatic nitrogens is 3. The van der Waals surface area contributed by atoms with Crippen molar-refractivity contribution in [1.29, 1.82) is 0 Å². The summed E-state index contributed by atoms with van der Waals surface area (Å²) in [4.78, 5) is 16.2. The molecule has 2 aromatic carbocycles. The summed E-state index contributed by atoms with van der Waals surface area (Å²) in [5.41, 5.74) is 1.15. The number of carbonyl (C=O) groups is 1. The fraction of sp³-hybridized carbons (Fsp3) is 0.238. The highest BCUT2D eigenvalue weighted by Gasteiger charge is 2.30. The van der Waals surface area contributed by atoms with Gasteiger partial charge in [0, 0.05) is 6.54 Å². The van der Waals surface area contributed by atoms with Crippen molar-refractivity contribution in [3.8, 4) is 11.1 Å². The largest absolute Gasteiger partial charge is 0.424 e. The van der Waals surface area contributed by atoms with Crippen molar-refractivity contribution < 1.29 is 27.5 Å². The Labute approximate surface area is 183 Å². The van der Waals surface area contributed by atoms with E-state index in [0.717, 1.165) is 16.8 Å². The molecule has 32 heavy (non-hydrogen) atoms. The van der Waals surface area contributed by atoms with Crippen LogP contribution in [0.2, 0.25) is 0 Å². The van der Waals surface area contributed by atoms with Crippen LogP contribution in [0.3, 0.4) is 0 Å². The number of thiazole rings is 1. The van der Waals surface area contributed by atoms with Gasteiger partial charge in [-0.2, -0.15) is 13.2 Å². The van der Waals surface area contributed by atoms with Gasteiger partial charge in [0.15, 0.2) is 0 Å². The molecule has 2 aromatic heterocycles. The number of amides is 1. The summed E-state index contributed by atoms with van der Waals surface area (Å²) < 4.78 is 45.3. The molecular weight excluding hydrogens is 445 g/mol. The molecule has 2 N–H and O–H groups in total. The lowest BCUT2D eigenvalue weighted by molar-refractivity contribution is -0.137. The first-order valence-electron chi connectivity index (χ1n) is 9.58. The summed E-state index contributed by atoms with van der Waals surface area (Å²) >= 11 is 1.38. The highest BCUT2D eigenvalue weighted by molar-refractivity contribution is 7.18. The Kier molecular flexibility index (Phi) is 6.19. The topological polar surface area (TPSA) is 101 Å². The van der Waals surface area contributed by atoms with Gasteiger partial charge in [0.1, 0.15) is 11.4 Å². The standard InChI is InChI=1S/C21H17F3N4O3S/c22-21(23,24)14-3-1-2-12(8-14)13-4-5-15-16(9-13)32-20(26-15)11-19-28-27-18(31-19)10-17(30)25-6-7-29/h1-5,8-9,29H,6-7,10-11H2,(H,25,30). The molecule has 0 radical (unpaired) electrons. The molecule has 0 saturated heterocycles. The minimum absolute atomic E-state index is 0.0901. The molecule has 166 valence electrons. The molecule has 4 aromatic rings. The summed E-state index contributed by atoms with van der Waals surface area (Å²) in [7, 11) is 0. The number of benzene rings is 2. The number of aliphatic hydroxyl groups excluding tert-OH is 1. The Morgan fingerprint density at radius 1 is 1.09 bits per heavy atom. The molecule has 0 spiro atoms. The smallest absolute Gasteiger partial charge is 0.416 e. The average molecular weight is 462 g/mol. The highest BCUT2D eigenvalue weighted by Crippen LogP contribution is 2.34. The van der Waals surface area contributed by atoms with E-state index in [2.05, 4.69) is 20.5 Å². The summed E-state index contributed by atoms with van der Waals surface area (Å²) in [5, 5.41) is 19.7. The maximum Gasteiger partial charge on any atom is 0.416 e. The molecule has 11 heteroatoms.